The normalized spacial score (nSPS) is 10.7. The van der Waals surface area contributed by atoms with Crippen molar-refractivity contribution in [3.8, 4) is 16.9 Å². The number of nitrogens with zero attached hydrogens (tertiary/aromatic N) is 4. The van der Waals surface area contributed by atoms with Gasteiger partial charge in [0.05, 0.1) is 5.69 Å². The summed E-state index contributed by atoms with van der Waals surface area (Å²) >= 11 is 0. The molecule has 4 rings (SSSR count). The van der Waals surface area contributed by atoms with Crippen molar-refractivity contribution in [2.45, 2.75) is 13.5 Å². The molecule has 0 fully saturated rings. The van der Waals surface area contributed by atoms with E-state index in [9.17, 15) is 9.18 Å². The van der Waals surface area contributed by atoms with Crippen LogP contribution in [0.15, 0.2) is 73.1 Å². The topological polar surface area (TPSA) is 72.7 Å². The molecule has 0 bridgehead atoms. The number of carbonyl (C=O) groups is 1. The highest BCUT2D eigenvalue weighted by molar-refractivity contribution is 5.98. The number of halogens is 1. The highest BCUT2D eigenvalue weighted by atomic mass is 19.1. The first kappa shape index (κ1) is 18.5. The third-order valence-corrected chi connectivity index (χ3v) is 4.61. The largest absolute Gasteiger partial charge is 0.346 e. The van der Waals surface area contributed by atoms with Gasteiger partial charge in [0, 0.05) is 24.5 Å². The fourth-order valence-electron chi connectivity index (χ4n) is 3.03. The number of carbonyl (C=O) groups excluding carboxylic acids is 1. The van der Waals surface area contributed by atoms with Crippen molar-refractivity contribution in [3.05, 3.63) is 95.7 Å². The standard InChI is InChI=1S/C22H18FN5O/c1-15-4-2-3-5-17(15)14-25-22(29)20-21(16-10-12-24-13-11-16)28(27-26-20)19-8-6-18(23)7-9-19/h2-13H,14H2,1H3,(H,25,29). The lowest BCUT2D eigenvalue weighted by Gasteiger charge is -2.10. The summed E-state index contributed by atoms with van der Waals surface area (Å²) in [7, 11) is 0. The third kappa shape index (κ3) is 3.89. The SMILES string of the molecule is Cc1ccccc1CNC(=O)c1nnn(-c2ccc(F)cc2)c1-c1ccncc1. The lowest BCUT2D eigenvalue weighted by Crippen LogP contribution is -2.24. The first-order chi connectivity index (χ1) is 14.1. The summed E-state index contributed by atoms with van der Waals surface area (Å²) < 4.78 is 14.9. The average Bonchev–Trinajstić information content (AvgIpc) is 3.19. The van der Waals surface area contributed by atoms with Crippen LogP contribution in [0.25, 0.3) is 16.9 Å². The van der Waals surface area contributed by atoms with Gasteiger partial charge in [-0.15, -0.1) is 5.10 Å². The molecule has 144 valence electrons. The van der Waals surface area contributed by atoms with Crippen molar-refractivity contribution in [1.29, 1.82) is 0 Å². The van der Waals surface area contributed by atoms with E-state index in [1.54, 1.807) is 36.7 Å². The second-order valence-corrected chi connectivity index (χ2v) is 6.52. The van der Waals surface area contributed by atoms with Gasteiger partial charge >= 0.3 is 0 Å². The van der Waals surface area contributed by atoms with E-state index in [2.05, 4.69) is 20.6 Å². The Morgan fingerprint density at radius 2 is 1.76 bits per heavy atom. The van der Waals surface area contributed by atoms with Gasteiger partial charge in [-0.05, 0) is 54.4 Å². The fourth-order valence-corrected chi connectivity index (χ4v) is 3.03. The quantitative estimate of drug-likeness (QED) is 0.567. The Balaban J connectivity index is 1.70. The highest BCUT2D eigenvalue weighted by Gasteiger charge is 2.22. The van der Waals surface area contributed by atoms with E-state index in [1.165, 1.54) is 16.8 Å². The van der Waals surface area contributed by atoms with Crippen molar-refractivity contribution in [3.63, 3.8) is 0 Å². The van der Waals surface area contributed by atoms with E-state index in [1.807, 2.05) is 31.2 Å². The highest BCUT2D eigenvalue weighted by Crippen LogP contribution is 2.25. The molecule has 0 spiro atoms. The molecule has 0 radical (unpaired) electrons. The minimum Gasteiger partial charge on any atom is -0.346 e. The average molecular weight is 387 g/mol. The number of amides is 1. The van der Waals surface area contributed by atoms with Gasteiger partial charge in [-0.2, -0.15) is 0 Å². The van der Waals surface area contributed by atoms with Crippen LogP contribution in [0.3, 0.4) is 0 Å². The van der Waals surface area contributed by atoms with Gasteiger partial charge in [-0.3, -0.25) is 9.78 Å². The molecule has 6 nitrogen and oxygen atoms in total. The summed E-state index contributed by atoms with van der Waals surface area (Å²) in [6.07, 6.45) is 3.26. The number of hydrogen-bond acceptors (Lipinski definition) is 4. The summed E-state index contributed by atoms with van der Waals surface area (Å²) in [5.74, 6) is -0.691. The Morgan fingerprint density at radius 1 is 1.03 bits per heavy atom. The Hall–Kier alpha value is -3.87. The van der Waals surface area contributed by atoms with Crippen LogP contribution in [-0.2, 0) is 6.54 Å². The van der Waals surface area contributed by atoms with Gasteiger partial charge in [-0.25, -0.2) is 9.07 Å². The van der Waals surface area contributed by atoms with Gasteiger partial charge in [-0.1, -0.05) is 29.5 Å². The molecule has 0 aliphatic carbocycles. The molecule has 0 saturated carbocycles. The van der Waals surface area contributed by atoms with Crippen molar-refractivity contribution >= 4 is 5.91 Å². The summed E-state index contributed by atoms with van der Waals surface area (Å²) in [6.45, 7) is 2.37. The molecule has 2 aromatic carbocycles. The van der Waals surface area contributed by atoms with Crippen molar-refractivity contribution < 1.29 is 9.18 Å². The predicted octanol–water partition coefficient (Wildman–Crippen LogP) is 3.71. The number of pyridine rings is 1. The smallest absolute Gasteiger partial charge is 0.274 e. The predicted molar refractivity (Wildman–Crippen MR) is 107 cm³/mol. The molecule has 0 atom stereocenters. The molecule has 0 aliphatic heterocycles. The molecular formula is C22H18FN5O. The summed E-state index contributed by atoms with van der Waals surface area (Å²) in [5.41, 5.74) is 4.16. The molecule has 1 amide bonds. The minimum absolute atomic E-state index is 0.189. The Morgan fingerprint density at radius 3 is 2.48 bits per heavy atom. The van der Waals surface area contributed by atoms with Gasteiger partial charge < -0.3 is 5.32 Å². The Bertz CT molecular complexity index is 1140. The number of benzene rings is 2. The van der Waals surface area contributed by atoms with Gasteiger partial charge in [0.2, 0.25) is 0 Å². The number of aromatic nitrogens is 4. The van der Waals surface area contributed by atoms with Crippen LogP contribution in [0.4, 0.5) is 4.39 Å². The third-order valence-electron chi connectivity index (χ3n) is 4.61. The van der Waals surface area contributed by atoms with E-state index >= 15 is 0 Å². The van der Waals surface area contributed by atoms with Gasteiger partial charge in [0.15, 0.2) is 5.69 Å². The van der Waals surface area contributed by atoms with E-state index in [0.717, 1.165) is 16.7 Å². The number of aryl methyl sites for hydroxylation is 1. The summed E-state index contributed by atoms with van der Waals surface area (Å²) in [6, 6.07) is 17.2. The summed E-state index contributed by atoms with van der Waals surface area (Å²) in [4.78, 5) is 16.9. The number of rotatable bonds is 5. The molecule has 0 saturated heterocycles. The van der Waals surface area contributed by atoms with E-state index in [0.29, 0.717) is 17.9 Å². The maximum absolute atomic E-state index is 13.3. The molecule has 2 heterocycles. The van der Waals surface area contributed by atoms with Crippen LogP contribution in [-0.4, -0.2) is 25.9 Å². The zero-order chi connectivity index (χ0) is 20.2. The van der Waals surface area contributed by atoms with Crippen LogP contribution in [0.5, 0.6) is 0 Å². The molecule has 2 aromatic heterocycles. The fraction of sp³-hybridized carbons (Fsp3) is 0.0909. The van der Waals surface area contributed by atoms with Crippen LogP contribution >= 0.6 is 0 Å². The van der Waals surface area contributed by atoms with Crippen molar-refractivity contribution in [1.82, 2.24) is 25.3 Å². The second kappa shape index (κ2) is 8.02. The number of nitrogens with one attached hydrogen (secondary N) is 1. The Labute approximate surface area is 167 Å². The molecule has 0 aliphatic rings. The maximum Gasteiger partial charge on any atom is 0.274 e. The minimum atomic E-state index is -0.351. The first-order valence-electron chi connectivity index (χ1n) is 9.08. The van der Waals surface area contributed by atoms with Crippen LogP contribution in [0, 0.1) is 12.7 Å². The molecule has 29 heavy (non-hydrogen) atoms. The monoisotopic (exact) mass is 387 g/mol. The van der Waals surface area contributed by atoms with E-state index in [4.69, 9.17) is 0 Å². The van der Waals surface area contributed by atoms with Crippen molar-refractivity contribution in [2.75, 3.05) is 0 Å². The molecule has 7 heteroatoms. The molecule has 0 unspecified atom stereocenters. The van der Waals surface area contributed by atoms with Gasteiger partial charge in [0.1, 0.15) is 11.5 Å². The first-order valence-corrected chi connectivity index (χ1v) is 9.08. The lowest BCUT2D eigenvalue weighted by molar-refractivity contribution is 0.0946. The van der Waals surface area contributed by atoms with E-state index in [-0.39, 0.29) is 17.4 Å². The zero-order valence-corrected chi connectivity index (χ0v) is 15.7. The van der Waals surface area contributed by atoms with Crippen LogP contribution in [0.2, 0.25) is 0 Å². The van der Waals surface area contributed by atoms with E-state index < -0.39 is 0 Å². The zero-order valence-electron chi connectivity index (χ0n) is 15.7. The van der Waals surface area contributed by atoms with Crippen LogP contribution in [0.1, 0.15) is 21.6 Å². The number of hydrogen-bond donors (Lipinski definition) is 1. The molecule has 1 N–H and O–H groups in total. The molecular weight excluding hydrogens is 369 g/mol. The second-order valence-electron chi connectivity index (χ2n) is 6.52. The lowest BCUT2D eigenvalue weighted by atomic mass is 10.1. The molecule has 4 aromatic rings. The van der Waals surface area contributed by atoms with Crippen molar-refractivity contribution in [2.24, 2.45) is 0 Å². The van der Waals surface area contributed by atoms with Gasteiger partial charge in [0.25, 0.3) is 5.91 Å². The van der Waals surface area contributed by atoms with Crippen LogP contribution < -0.4 is 5.32 Å². The summed E-state index contributed by atoms with van der Waals surface area (Å²) in [5, 5.41) is 11.2. The maximum atomic E-state index is 13.3. The Kier molecular flexibility index (Phi) is 5.11.